The average Bonchev–Trinajstić information content (AvgIpc) is 2.28. The summed E-state index contributed by atoms with van der Waals surface area (Å²) in [7, 11) is 0. The molecule has 0 saturated carbocycles. The van der Waals surface area contributed by atoms with Crippen LogP contribution in [0.4, 0.5) is 4.79 Å². The lowest BCUT2D eigenvalue weighted by Gasteiger charge is -2.38. The van der Waals surface area contributed by atoms with E-state index in [2.05, 4.69) is 4.98 Å². The molecule has 0 aromatic carbocycles. The molecule has 1 aromatic rings. The molecule has 1 aliphatic heterocycles. The third-order valence-electron chi connectivity index (χ3n) is 3.05. The van der Waals surface area contributed by atoms with Gasteiger partial charge in [-0.05, 0) is 38.0 Å². The van der Waals surface area contributed by atoms with E-state index in [0.717, 1.165) is 11.3 Å². The number of carboxylic acid groups (broad SMARTS) is 1. The van der Waals surface area contributed by atoms with E-state index in [1.54, 1.807) is 6.20 Å². The van der Waals surface area contributed by atoms with Gasteiger partial charge in [0.05, 0.1) is 11.2 Å². The highest BCUT2D eigenvalue weighted by molar-refractivity contribution is 5.72. The minimum absolute atomic E-state index is 0.475. The van der Waals surface area contributed by atoms with Gasteiger partial charge in [-0.25, -0.2) is 4.79 Å². The lowest BCUT2D eigenvalue weighted by molar-refractivity contribution is 0.109. The topological polar surface area (TPSA) is 53.4 Å². The molecule has 0 radical (unpaired) electrons. The van der Waals surface area contributed by atoms with Crippen LogP contribution in [0.1, 0.15) is 26.0 Å². The summed E-state index contributed by atoms with van der Waals surface area (Å²) in [5.41, 5.74) is 1.58. The number of hydrogen-bond donors (Lipinski definition) is 1. The minimum Gasteiger partial charge on any atom is -0.465 e. The molecule has 0 fully saturated rings. The maximum Gasteiger partial charge on any atom is 0.407 e. The summed E-state index contributed by atoms with van der Waals surface area (Å²) in [6.07, 6.45) is 3.60. The first-order chi connectivity index (χ1) is 8.00. The van der Waals surface area contributed by atoms with Crippen molar-refractivity contribution in [3.63, 3.8) is 0 Å². The Hall–Kier alpha value is -1.84. The van der Waals surface area contributed by atoms with Crippen LogP contribution < -0.4 is 0 Å². The van der Waals surface area contributed by atoms with E-state index in [0.29, 0.717) is 13.0 Å². The van der Waals surface area contributed by atoms with Gasteiger partial charge < -0.3 is 5.11 Å². The first-order valence-electron chi connectivity index (χ1n) is 5.64. The molecule has 1 aliphatic rings. The highest BCUT2D eigenvalue weighted by Gasteiger charge is 2.32. The summed E-state index contributed by atoms with van der Waals surface area (Å²) in [6, 6.07) is 5.78. The van der Waals surface area contributed by atoms with E-state index in [-0.39, 0.29) is 0 Å². The maximum absolute atomic E-state index is 11.1. The number of hydrogen-bond acceptors (Lipinski definition) is 2. The van der Waals surface area contributed by atoms with Crippen LogP contribution in [0.25, 0.3) is 5.57 Å². The fraction of sp³-hybridized carbons (Fsp3) is 0.385. The Morgan fingerprint density at radius 3 is 2.76 bits per heavy atom. The van der Waals surface area contributed by atoms with Crippen molar-refractivity contribution in [3.8, 4) is 0 Å². The van der Waals surface area contributed by atoms with Crippen molar-refractivity contribution < 1.29 is 9.90 Å². The Bertz CT molecular complexity index is 452. The first-order valence-corrected chi connectivity index (χ1v) is 5.64. The summed E-state index contributed by atoms with van der Waals surface area (Å²) in [6.45, 7) is 4.33. The fourth-order valence-corrected chi connectivity index (χ4v) is 2.19. The number of amides is 1. The molecule has 1 aromatic heterocycles. The normalized spacial score (nSPS) is 18.7. The number of nitrogens with zero attached hydrogens (tertiary/aromatic N) is 2. The van der Waals surface area contributed by atoms with Crippen LogP contribution in [0, 0.1) is 0 Å². The van der Waals surface area contributed by atoms with Gasteiger partial charge >= 0.3 is 6.09 Å². The molecule has 0 saturated heterocycles. The van der Waals surface area contributed by atoms with Crippen LogP contribution >= 0.6 is 0 Å². The van der Waals surface area contributed by atoms with Crippen LogP contribution in [-0.2, 0) is 0 Å². The predicted octanol–water partition coefficient (Wildman–Crippen LogP) is 2.63. The second kappa shape index (κ2) is 4.20. The van der Waals surface area contributed by atoms with Crippen LogP contribution in [0.5, 0.6) is 0 Å². The summed E-state index contributed by atoms with van der Waals surface area (Å²) < 4.78 is 0. The van der Waals surface area contributed by atoms with Gasteiger partial charge in [0.1, 0.15) is 0 Å². The Balaban J connectivity index is 2.32. The molecule has 1 amide bonds. The van der Waals surface area contributed by atoms with Crippen molar-refractivity contribution in [3.05, 3.63) is 36.2 Å². The first kappa shape index (κ1) is 11.6. The Kier molecular flexibility index (Phi) is 2.88. The second-order valence-electron chi connectivity index (χ2n) is 4.72. The van der Waals surface area contributed by atoms with Crippen molar-refractivity contribution in [1.29, 1.82) is 0 Å². The lowest BCUT2D eigenvalue weighted by Crippen LogP contribution is -2.48. The van der Waals surface area contributed by atoms with E-state index in [4.69, 9.17) is 5.11 Å². The fourth-order valence-electron chi connectivity index (χ4n) is 2.19. The van der Waals surface area contributed by atoms with Crippen LogP contribution in [0.3, 0.4) is 0 Å². The molecule has 4 nitrogen and oxygen atoms in total. The molecule has 0 atom stereocenters. The van der Waals surface area contributed by atoms with Gasteiger partial charge in [-0.1, -0.05) is 12.1 Å². The highest BCUT2D eigenvalue weighted by Crippen LogP contribution is 2.30. The lowest BCUT2D eigenvalue weighted by atomic mass is 9.91. The van der Waals surface area contributed by atoms with Crippen LogP contribution in [-0.4, -0.2) is 33.2 Å². The molecule has 0 spiro atoms. The summed E-state index contributed by atoms with van der Waals surface area (Å²) in [5.74, 6) is 0. The maximum atomic E-state index is 11.1. The Labute approximate surface area is 101 Å². The Morgan fingerprint density at radius 1 is 1.47 bits per heavy atom. The Morgan fingerprint density at radius 2 is 2.24 bits per heavy atom. The summed E-state index contributed by atoms with van der Waals surface area (Å²) >= 11 is 0. The molecule has 0 aliphatic carbocycles. The van der Waals surface area contributed by atoms with E-state index < -0.39 is 11.6 Å². The van der Waals surface area contributed by atoms with Crippen molar-refractivity contribution in [2.75, 3.05) is 6.54 Å². The monoisotopic (exact) mass is 232 g/mol. The molecular weight excluding hydrogens is 216 g/mol. The van der Waals surface area contributed by atoms with Crippen molar-refractivity contribution in [1.82, 2.24) is 9.88 Å². The number of aromatic nitrogens is 1. The van der Waals surface area contributed by atoms with Gasteiger partial charge in [-0.2, -0.15) is 0 Å². The molecular formula is C13H16N2O2. The standard InChI is InChI=1S/C13H16N2O2/c1-13(2)9-10(6-8-15(13)12(16)17)11-5-3-4-7-14-11/h3-5,7,9H,6,8H2,1-2H3,(H,16,17). The third kappa shape index (κ3) is 2.30. The van der Waals surface area contributed by atoms with Crippen molar-refractivity contribution >= 4 is 11.7 Å². The van der Waals surface area contributed by atoms with Crippen LogP contribution in [0.2, 0.25) is 0 Å². The minimum atomic E-state index is -0.869. The zero-order chi connectivity index (χ0) is 12.5. The van der Waals surface area contributed by atoms with Gasteiger partial charge in [0, 0.05) is 12.7 Å². The van der Waals surface area contributed by atoms with Crippen molar-refractivity contribution in [2.24, 2.45) is 0 Å². The predicted molar refractivity (Wildman–Crippen MR) is 65.6 cm³/mol. The zero-order valence-electron chi connectivity index (χ0n) is 10.1. The smallest absolute Gasteiger partial charge is 0.407 e. The summed E-state index contributed by atoms with van der Waals surface area (Å²) in [5, 5.41) is 9.11. The molecule has 1 N–H and O–H groups in total. The number of carbonyl (C=O) groups is 1. The molecule has 4 heteroatoms. The molecule has 2 rings (SSSR count). The largest absolute Gasteiger partial charge is 0.465 e. The van der Waals surface area contributed by atoms with E-state index >= 15 is 0 Å². The van der Waals surface area contributed by atoms with Crippen LogP contribution in [0.15, 0.2) is 30.5 Å². The molecule has 17 heavy (non-hydrogen) atoms. The SMILES string of the molecule is CC1(C)C=C(c2ccccn2)CCN1C(=O)O. The van der Waals surface area contributed by atoms with Crippen molar-refractivity contribution in [2.45, 2.75) is 25.8 Å². The number of pyridine rings is 1. The quantitative estimate of drug-likeness (QED) is 0.809. The van der Waals surface area contributed by atoms with Gasteiger partial charge in [-0.3, -0.25) is 9.88 Å². The van der Waals surface area contributed by atoms with Gasteiger partial charge in [-0.15, -0.1) is 0 Å². The van der Waals surface area contributed by atoms with Gasteiger partial charge in [0.2, 0.25) is 0 Å². The highest BCUT2D eigenvalue weighted by atomic mass is 16.4. The zero-order valence-corrected chi connectivity index (χ0v) is 10.1. The molecule has 0 unspecified atom stereocenters. The van der Waals surface area contributed by atoms with E-state index in [1.165, 1.54) is 4.90 Å². The average molecular weight is 232 g/mol. The van der Waals surface area contributed by atoms with Gasteiger partial charge in [0.15, 0.2) is 0 Å². The van der Waals surface area contributed by atoms with Gasteiger partial charge in [0.25, 0.3) is 0 Å². The molecule has 0 bridgehead atoms. The van der Waals surface area contributed by atoms with E-state index in [1.807, 2.05) is 38.1 Å². The molecule has 2 heterocycles. The number of rotatable bonds is 1. The van der Waals surface area contributed by atoms with E-state index in [9.17, 15) is 4.79 Å². The third-order valence-corrected chi connectivity index (χ3v) is 3.05. The summed E-state index contributed by atoms with van der Waals surface area (Å²) in [4.78, 5) is 16.9. The molecule has 90 valence electrons. The second-order valence-corrected chi connectivity index (χ2v) is 4.72.